The number of amides is 4. The number of rotatable bonds is 7. The Labute approximate surface area is 175 Å². The van der Waals surface area contributed by atoms with E-state index >= 15 is 0 Å². The van der Waals surface area contributed by atoms with Gasteiger partial charge in [-0.1, -0.05) is 34.1 Å². The predicted molar refractivity (Wildman–Crippen MR) is 111 cm³/mol. The van der Waals surface area contributed by atoms with Gasteiger partial charge in [-0.25, -0.2) is 4.79 Å². The molecular weight excluding hydrogens is 442 g/mol. The zero-order chi connectivity index (χ0) is 20.8. The van der Waals surface area contributed by atoms with Crippen LogP contribution in [-0.4, -0.2) is 31.1 Å². The van der Waals surface area contributed by atoms with Gasteiger partial charge in [-0.15, -0.1) is 0 Å². The second-order valence-electron chi connectivity index (χ2n) is 5.92. The summed E-state index contributed by atoms with van der Waals surface area (Å²) in [6.45, 7) is 1.98. The van der Waals surface area contributed by atoms with Gasteiger partial charge in [-0.3, -0.25) is 14.9 Å². The highest BCUT2D eigenvalue weighted by Crippen LogP contribution is 2.35. The average molecular weight is 460 g/mol. The predicted octanol–water partition coefficient (Wildman–Crippen LogP) is 3.05. The van der Waals surface area contributed by atoms with Crippen molar-refractivity contribution in [2.24, 2.45) is 0 Å². The van der Waals surface area contributed by atoms with E-state index in [1.54, 1.807) is 24.3 Å². The van der Waals surface area contributed by atoms with Gasteiger partial charge in [-0.2, -0.15) is 0 Å². The molecule has 2 aromatic carbocycles. The van der Waals surface area contributed by atoms with Crippen LogP contribution in [0.4, 0.5) is 10.5 Å². The van der Waals surface area contributed by atoms with E-state index in [-0.39, 0.29) is 18.2 Å². The van der Waals surface area contributed by atoms with Gasteiger partial charge in [0.15, 0.2) is 18.1 Å². The van der Waals surface area contributed by atoms with Crippen LogP contribution in [0.25, 0.3) is 6.08 Å². The van der Waals surface area contributed by atoms with E-state index in [0.717, 1.165) is 0 Å². The van der Waals surface area contributed by atoms with Crippen LogP contribution in [0, 0.1) is 0 Å². The standard InChI is InChI=1S/C20H18BrN3O5/c1-2-28-16-9-12(8-15-19(26)24-20(27)23-15)14(21)10-17(16)29-11-18(25)22-13-6-4-3-5-7-13/h3-10H,2,11H2,1H3,(H,22,25)(H2,23,24,26,27)/b15-8+. The van der Waals surface area contributed by atoms with E-state index in [9.17, 15) is 14.4 Å². The summed E-state index contributed by atoms with van der Waals surface area (Å²) in [6, 6.07) is 11.8. The van der Waals surface area contributed by atoms with E-state index in [2.05, 4.69) is 31.9 Å². The van der Waals surface area contributed by atoms with Gasteiger partial charge in [-0.05, 0) is 42.8 Å². The summed E-state index contributed by atoms with van der Waals surface area (Å²) >= 11 is 3.41. The fourth-order valence-electron chi connectivity index (χ4n) is 2.54. The number of para-hydroxylation sites is 1. The van der Waals surface area contributed by atoms with E-state index in [0.29, 0.717) is 33.8 Å². The molecule has 2 aromatic rings. The van der Waals surface area contributed by atoms with Gasteiger partial charge in [0.2, 0.25) is 0 Å². The third kappa shape index (κ3) is 5.35. The summed E-state index contributed by atoms with van der Waals surface area (Å²) in [7, 11) is 0. The number of hydrogen-bond donors (Lipinski definition) is 3. The van der Waals surface area contributed by atoms with Crippen LogP contribution in [-0.2, 0) is 9.59 Å². The highest BCUT2D eigenvalue weighted by atomic mass is 79.9. The molecule has 0 radical (unpaired) electrons. The molecule has 150 valence electrons. The number of urea groups is 1. The summed E-state index contributed by atoms with van der Waals surface area (Å²) in [5.41, 5.74) is 1.39. The lowest BCUT2D eigenvalue weighted by molar-refractivity contribution is -0.118. The molecule has 1 fully saturated rings. The van der Waals surface area contributed by atoms with Crippen LogP contribution in [0.15, 0.2) is 52.6 Å². The molecule has 0 aromatic heterocycles. The van der Waals surface area contributed by atoms with E-state index < -0.39 is 11.9 Å². The van der Waals surface area contributed by atoms with Gasteiger partial charge < -0.3 is 20.1 Å². The topological polar surface area (TPSA) is 106 Å². The molecule has 1 saturated heterocycles. The molecule has 0 unspecified atom stereocenters. The normalized spacial score (nSPS) is 14.3. The van der Waals surface area contributed by atoms with Gasteiger partial charge in [0.1, 0.15) is 5.70 Å². The third-order valence-electron chi connectivity index (χ3n) is 3.80. The minimum Gasteiger partial charge on any atom is -0.490 e. The fourth-order valence-corrected chi connectivity index (χ4v) is 2.98. The molecule has 0 bridgehead atoms. The maximum atomic E-state index is 12.1. The van der Waals surface area contributed by atoms with Crippen LogP contribution in [0.5, 0.6) is 11.5 Å². The molecule has 3 N–H and O–H groups in total. The van der Waals surface area contributed by atoms with Crippen LogP contribution >= 0.6 is 15.9 Å². The average Bonchev–Trinajstić information content (AvgIpc) is 3.01. The lowest BCUT2D eigenvalue weighted by Crippen LogP contribution is -2.22. The Morgan fingerprint density at radius 3 is 2.48 bits per heavy atom. The molecule has 8 nitrogen and oxygen atoms in total. The van der Waals surface area contributed by atoms with E-state index in [1.165, 1.54) is 6.08 Å². The van der Waals surface area contributed by atoms with Crippen molar-refractivity contribution in [1.29, 1.82) is 0 Å². The number of ether oxygens (including phenoxy) is 2. The molecule has 1 aliphatic rings. The molecule has 1 aliphatic heterocycles. The van der Waals surface area contributed by atoms with Gasteiger partial charge >= 0.3 is 6.03 Å². The molecule has 4 amide bonds. The maximum absolute atomic E-state index is 12.1. The Hall–Kier alpha value is -3.33. The number of hydrogen-bond acceptors (Lipinski definition) is 5. The minimum absolute atomic E-state index is 0.119. The number of anilines is 1. The molecule has 0 spiro atoms. The highest BCUT2D eigenvalue weighted by Gasteiger charge is 2.23. The van der Waals surface area contributed by atoms with Crippen molar-refractivity contribution in [2.75, 3.05) is 18.5 Å². The van der Waals surface area contributed by atoms with Crippen molar-refractivity contribution in [1.82, 2.24) is 10.6 Å². The first kappa shape index (κ1) is 20.4. The zero-order valence-electron chi connectivity index (χ0n) is 15.5. The number of halogens is 1. The van der Waals surface area contributed by atoms with Crippen LogP contribution in [0.3, 0.4) is 0 Å². The van der Waals surface area contributed by atoms with Crippen molar-refractivity contribution < 1.29 is 23.9 Å². The summed E-state index contributed by atoms with van der Waals surface area (Å²) < 4.78 is 11.8. The van der Waals surface area contributed by atoms with E-state index in [4.69, 9.17) is 9.47 Å². The lowest BCUT2D eigenvalue weighted by atomic mass is 10.1. The van der Waals surface area contributed by atoms with Gasteiger partial charge in [0.25, 0.3) is 11.8 Å². The summed E-state index contributed by atoms with van der Waals surface area (Å²) in [4.78, 5) is 35.1. The Balaban J connectivity index is 1.75. The molecule has 29 heavy (non-hydrogen) atoms. The first-order valence-electron chi connectivity index (χ1n) is 8.74. The lowest BCUT2D eigenvalue weighted by Gasteiger charge is -2.14. The van der Waals surface area contributed by atoms with Gasteiger partial charge in [0, 0.05) is 10.2 Å². The molecule has 0 atom stereocenters. The van der Waals surface area contributed by atoms with Crippen LogP contribution in [0.1, 0.15) is 12.5 Å². The second-order valence-corrected chi connectivity index (χ2v) is 6.78. The summed E-state index contributed by atoms with van der Waals surface area (Å²) in [6.07, 6.45) is 1.51. The quantitative estimate of drug-likeness (QED) is 0.435. The van der Waals surface area contributed by atoms with Crippen molar-refractivity contribution in [3.05, 3.63) is 58.2 Å². The molecule has 0 aliphatic carbocycles. The minimum atomic E-state index is -0.577. The van der Waals surface area contributed by atoms with Crippen LogP contribution in [0.2, 0.25) is 0 Å². The van der Waals surface area contributed by atoms with Crippen molar-refractivity contribution in [2.45, 2.75) is 6.92 Å². The van der Waals surface area contributed by atoms with Gasteiger partial charge in [0.05, 0.1) is 6.61 Å². The third-order valence-corrected chi connectivity index (χ3v) is 4.49. The molecule has 1 heterocycles. The van der Waals surface area contributed by atoms with Crippen molar-refractivity contribution in [3.63, 3.8) is 0 Å². The van der Waals surface area contributed by atoms with Crippen molar-refractivity contribution in [3.8, 4) is 11.5 Å². The largest absolute Gasteiger partial charge is 0.490 e. The molecule has 3 rings (SSSR count). The maximum Gasteiger partial charge on any atom is 0.326 e. The Bertz CT molecular complexity index is 976. The monoisotopic (exact) mass is 459 g/mol. The summed E-state index contributed by atoms with van der Waals surface area (Å²) in [5, 5.41) is 7.30. The zero-order valence-corrected chi connectivity index (χ0v) is 17.0. The Morgan fingerprint density at radius 2 is 1.83 bits per heavy atom. The number of nitrogens with one attached hydrogen (secondary N) is 3. The fraction of sp³-hybridized carbons (Fsp3) is 0.150. The SMILES string of the molecule is CCOc1cc(/C=C2/NC(=O)NC2=O)c(Br)cc1OCC(=O)Nc1ccccc1. The molecular formula is C20H18BrN3O5. The smallest absolute Gasteiger partial charge is 0.326 e. The number of benzene rings is 2. The Kier molecular flexibility index (Phi) is 6.50. The first-order chi connectivity index (χ1) is 14.0. The first-order valence-corrected chi connectivity index (χ1v) is 9.53. The summed E-state index contributed by atoms with van der Waals surface area (Å²) in [5.74, 6) is -0.0622. The van der Waals surface area contributed by atoms with E-state index in [1.807, 2.05) is 25.1 Å². The molecule has 9 heteroatoms. The molecule has 0 saturated carbocycles. The second kappa shape index (κ2) is 9.24. The highest BCUT2D eigenvalue weighted by molar-refractivity contribution is 9.10. The van der Waals surface area contributed by atoms with Crippen LogP contribution < -0.4 is 25.4 Å². The number of imide groups is 1. The number of carbonyl (C=O) groups excluding carboxylic acids is 3. The number of carbonyl (C=O) groups is 3. The Morgan fingerprint density at radius 1 is 1.10 bits per heavy atom. The van der Waals surface area contributed by atoms with Crippen molar-refractivity contribution >= 4 is 45.5 Å².